The zero-order valence-corrected chi connectivity index (χ0v) is 13.2. The average molecular weight is 258 g/mol. The van der Waals surface area contributed by atoms with Gasteiger partial charge in [0.1, 0.15) is 12.1 Å². The molecule has 0 saturated heterocycles. The van der Waals surface area contributed by atoms with Crippen LogP contribution in [-0.2, 0) is 9.53 Å². The van der Waals surface area contributed by atoms with Crippen LogP contribution in [0.4, 0.5) is 0 Å². The molecule has 3 nitrogen and oxygen atoms in total. The van der Waals surface area contributed by atoms with E-state index in [1.54, 1.807) is 0 Å². The van der Waals surface area contributed by atoms with Crippen molar-refractivity contribution >= 4 is 5.97 Å². The summed E-state index contributed by atoms with van der Waals surface area (Å²) in [6, 6.07) is 0. The van der Waals surface area contributed by atoms with E-state index in [0.717, 1.165) is 17.3 Å². The number of quaternary nitrogens is 1. The second kappa shape index (κ2) is 7.78. The van der Waals surface area contributed by atoms with Crippen molar-refractivity contribution < 1.29 is 14.0 Å². The van der Waals surface area contributed by atoms with Gasteiger partial charge < -0.3 is 9.22 Å². The Labute approximate surface area is 113 Å². The number of hydrogen-bond acceptors (Lipinski definition) is 2. The minimum Gasteiger partial charge on any atom is -0.459 e. The molecule has 0 heterocycles. The first-order valence-electron chi connectivity index (χ1n) is 7.18. The fraction of sp³-hybridized carbons (Fsp3) is 0.933. The Morgan fingerprint density at radius 1 is 1.06 bits per heavy atom. The van der Waals surface area contributed by atoms with Crippen LogP contribution in [0.25, 0.3) is 0 Å². The number of nitrogens with zero attached hydrogens (tertiary/aromatic N) is 1. The SMILES string of the molecule is CCCCCCCC(=O)OCC(C)(C)[N+](C)(C)C. The Bertz CT molecular complexity index is 241. The van der Waals surface area contributed by atoms with Crippen molar-refractivity contribution in [3.63, 3.8) is 0 Å². The molecule has 0 spiro atoms. The first-order chi connectivity index (χ1) is 8.20. The molecule has 0 amide bonds. The third-order valence-corrected chi connectivity index (χ3v) is 3.89. The summed E-state index contributed by atoms with van der Waals surface area (Å²) in [5.41, 5.74) is -0.0438. The maximum absolute atomic E-state index is 11.6. The summed E-state index contributed by atoms with van der Waals surface area (Å²) in [5.74, 6) is -0.0481. The second-order valence-corrected chi connectivity index (χ2v) is 6.65. The number of hydrogen-bond donors (Lipinski definition) is 0. The van der Waals surface area contributed by atoms with E-state index in [-0.39, 0.29) is 11.5 Å². The van der Waals surface area contributed by atoms with E-state index < -0.39 is 0 Å². The standard InChI is InChI=1S/C15H32NO2/c1-7-8-9-10-11-12-14(17)18-13-15(2,3)16(4,5)6/h7-13H2,1-6H3/q+1. The van der Waals surface area contributed by atoms with Crippen molar-refractivity contribution in [3.05, 3.63) is 0 Å². The van der Waals surface area contributed by atoms with Crippen molar-refractivity contribution in [2.75, 3.05) is 27.7 Å². The summed E-state index contributed by atoms with van der Waals surface area (Å²) in [4.78, 5) is 11.6. The predicted octanol–water partition coefficient (Wildman–Crippen LogP) is 3.37. The summed E-state index contributed by atoms with van der Waals surface area (Å²) < 4.78 is 6.17. The van der Waals surface area contributed by atoms with Crippen LogP contribution in [-0.4, -0.2) is 43.7 Å². The fourth-order valence-corrected chi connectivity index (χ4v) is 1.40. The minimum absolute atomic E-state index is 0.0438. The Balaban J connectivity index is 3.77. The van der Waals surface area contributed by atoms with Gasteiger partial charge in [-0.3, -0.25) is 4.79 Å². The van der Waals surface area contributed by atoms with Gasteiger partial charge in [-0.05, 0) is 20.3 Å². The van der Waals surface area contributed by atoms with Crippen molar-refractivity contribution in [1.29, 1.82) is 0 Å². The van der Waals surface area contributed by atoms with E-state index in [0.29, 0.717) is 13.0 Å². The highest BCUT2D eigenvalue weighted by Gasteiger charge is 2.34. The molecule has 3 heteroatoms. The van der Waals surface area contributed by atoms with Gasteiger partial charge in [-0.1, -0.05) is 32.6 Å². The number of rotatable bonds is 9. The molecule has 0 aliphatic rings. The summed E-state index contributed by atoms with van der Waals surface area (Å²) >= 11 is 0. The van der Waals surface area contributed by atoms with Gasteiger partial charge in [0.05, 0.1) is 21.1 Å². The van der Waals surface area contributed by atoms with E-state index >= 15 is 0 Å². The van der Waals surface area contributed by atoms with Crippen molar-refractivity contribution in [2.24, 2.45) is 0 Å². The Kier molecular flexibility index (Phi) is 7.53. The summed E-state index contributed by atoms with van der Waals surface area (Å²) in [5, 5.41) is 0. The summed E-state index contributed by atoms with van der Waals surface area (Å²) in [6.07, 6.45) is 6.40. The Morgan fingerprint density at radius 3 is 2.11 bits per heavy atom. The topological polar surface area (TPSA) is 26.3 Å². The molecule has 108 valence electrons. The molecule has 0 aromatic heterocycles. The van der Waals surface area contributed by atoms with Crippen LogP contribution in [0.5, 0.6) is 0 Å². The molecule has 0 aromatic rings. The highest BCUT2D eigenvalue weighted by atomic mass is 16.5. The molecule has 0 saturated carbocycles. The molecule has 0 unspecified atom stereocenters. The van der Waals surface area contributed by atoms with Crippen LogP contribution in [0, 0.1) is 0 Å². The largest absolute Gasteiger partial charge is 0.459 e. The third kappa shape index (κ3) is 7.00. The monoisotopic (exact) mass is 258 g/mol. The van der Waals surface area contributed by atoms with Gasteiger partial charge in [0, 0.05) is 6.42 Å². The maximum atomic E-state index is 11.6. The van der Waals surface area contributed by atoms with Gasteiger partial charge in [0.2, 0.25) is 0 Å². The molecule has 0 aliphatic heterocycles. The molecule has 18 heavy (non-hydrogen) atoms. The van der Waals surface area contributed by atoms with Crippen molar-refractivity contribution in [2.45, 2.75) is 64.8 Å². The van der Waals surface area contributed by atoms with Gasteiger partial charge >= 0.3 is 5.97 Å². The maximum Gasteiger partial charge on any atom is 0.306 e. The number of esters is 1. The number of carbonyl (C=O) groups is 1. The third-order valence-electron chi connectivity index (χ3n) is 3.89. The smallest absolute Gasteiger partial charge is 0.306 e. The molecule has 0 fully saturated rings. The number of unbranched alkanes of at least 4 members (excludes halogenated alkanes) is 4. The molecule has 0 N–H and O–H groups in total. The minimum atomic E-state index is -0.0481. The molecular weight excluding hydrogens is 226 g/mol. The average Bonchev–Trinajstić information content (AvgIpc) is 2.24. The first kappa shape index (κ1) is 17.4. The Hall–Kier alpha value is -0.570. The zero-order chi connectivity index (χ0) is 14.2. The van der Waals surface area contributed by atoms with Gasteiger partial charge in [0.15, 0.2) is 0 Å². The fourth-order valence-electron chi connectivity index (χ4n) is 1.40. The van der Waals surface area contributed by atoms with E-state index in [2.05, 4.69) is 41.9 Å². The van der Waals surface area contributed by atoms with E-state index in [9.17, 15) is 4.79 Å². The lowest BCUT2D eigenvalue weighted by Crippen LogP contribution is -2.56. The molecule has 0 radical (unpaired) electrons. The van der Waals surface area contributed by atoms with Gasteiger partial charge in [-0.25, -0.2) is 0 Å². The quantitative estimate of drug-likeness (QED) is 0.360. The number of carbonyl (C=O) groups excluding carboxylic acids is 1. The molecule has 0 bridgehead atoms. The Morgan fingerprint density at radius 2 is 1.61 bits per heavy atom. The van der Waals surface area contributed by atoms with Crippen LogP contribution in [0.2, 0.25) is 0 Å². The lowest BCUT2D eigenvalue weighted by Gasteiger charge is -2.40. The molecule has 0 atom stereocenters. The molecule has 0 rings (SSSR count). The highest BCUT2D eigenvalue weighted by molar-refractivity contribution is 5.69. The van der Waals surface area contributed by atoms with E-state index in [1.165, 1.54) is 19.3 Å². The van der Waals surface area contributed by atoms with Gasteiger partial charge in [0.25, 0.3) is 0 Å². The normalized spacial score (nSPS) is 12.6. The van der Waals surface area contributed by atoms with Gasteiger partial charge in [-0.15, -0.1) is 0 Å². The number of ether oxygens (including phenoxy) is 1. The molecule has 0 aromatic carbocycles. The zero-order valence-electron chi connectivity index (χ0n) is 13.2. The van der Waals surface area contributed by atoms with Crippen LogP contribution < -0.4 is 0 Å². The van der Waals surface area contributed by atoms with Crippen molar-refractivity contribution in [3.8, 4) is 0 Å². The number of likely N-dealkylation sites (N-methyl/N-ethyl adjacent to an activating group) is 1. The van der Waals surface area contributed by atoms with Crippen LogP contribution in [0.3, 0.4) is 0 Å². The van der Waals surface area contributed by atoms with Crippen LogP contribution in [0.1, 0.15) is 59.3 Å². The predicted molar refractivity (Wildman–Crippen MR) is 76.4 cm³/mol. The summed E-state index contributed by atoms with van der Waals surface area (Å²) in [6.45, 7) is 6.94. The van der Waals surface area contributed by atoms with E-state index in [1.807, 2.05) is 0 Å². The van der Waals surface area contributed by atoms with E-state index in [4.69, 9.17) is 4.74 Å². The first-order valence-corrected chi connectivity index (χ1v) is 7.18. The van der Waals surface area contributed by atoms with Crippen LogP contribution in [0.15, 0.2) is 0 Å². The van der Waals surface area contributed by atoms with Crippen molar-refractivity contribution in [1.82, 2.24) is 0 Å². The second-order valence-electron chi connectivity index (χ2n) is 6.65. The lowest BCUT2D eigenvalue weighted by molar-refractivity contribution is -0.919. The summed E-state index contributed by atoms with van der Waals surface area (Å²) in [7, 11) is 6.37. The highest BCUT2D eigenvalue weighted by Crippen LogP contribution is 2.18. The van der Waals surface area contributed by atoms with Gasteiger partial charge in [-0.2, -0.15) is 0 Å². The molecule has 0 aliphatic carbocycles. The molecular formula is C15H32NO2+. The lowest BCUT2D eigenvalue weighted by atomic mass is 10.0. The van der Waals surface area contributed by atoms with Crippen LogP contribution >= 0.6 is 0 Å².